The zero-order valence-corrected chi connectivity index (χ0v) is 13.1. The van der Waals surface area contributed by atoms with Crippen molar-refractivity contribution in [2.24, 2.45) is 0 Å². The van der Waals surface area contributed by atoms with E-state index >= 15 is 0 Å². The average Bonchev–Trinajstić information content (AvgIpc) is 2.50. The number of rotatable bonds is 2. The Morgan fingerprint density at radius 2 is 1.62 bits per heavy atom. The van der Waals surface area contributed by atoms with E-state index in [2.05, 4.69) is 15.9 Å². The molecule has 0 amide bonds. The topological polar surface area (TPSA) is 17.1 Å². The molecule has 0 bridgehead atoms. The summed E-state index contributed by atoms with van der Waals surface area (Å²) in [7, 11) is 0. The van der Waals surface area contributed by atoms with Crippen LogP contribution >= 0.6 is 27.5 Å². The van der Waals surface area contributed by atoms with Crippen molar-refractivity contribution < 1.29 is 9.18 Å². The third kappa shape index (κ3) is 2.47. The van der Waals surface area contributed by atoms with Crippen LogP contribution in [-0.4, -0.2) is 5.78 Å². The SMILES string of the molecule is O=C(c1cccc(F)c1Cl)c1ccc(Br)c2ccccc12. The molecule has 104 valence electrons. The highest BCUT2D eigenvalue weighted by molar-refractivity contribution is 9.10. The van der Waals surface area contributed by atoms with Crippen LogP contribution in [0, 0.1) is 5.82 Å². The molecule has 0 aliphatic heterocycles. The van der Waals surface area contributed by atoms with Gasteiger partial charge in [0.1, 0.15) is 5.82 Å². The van der Waals surface area contributed by atoms with Crippen LogP contribution in [0.25, 0.3) is 10.8 Å². The summed E-state index contributed by atoms with van der Waals surface area (Å²) in [6, 6.07) is 15.3. The van der Waals surface area contributed by atoms with E-state index in [0.717, 1.165) is 15.2 Å². The van der Waals surface area contributed by atoms with Crippen LogP contribution in [0.3, 0.4) is 0 Å². The van der Waals surface area contributed by atoms with Crippen LogP contribution in [0.2, 0.25) is 5.02 Å². The van der Waals surface area contributed by atoms with Gasteiger partial charge in [-0.15, -0.1) is 0 Å². The summed E-state index contributed by atoms with van der Waals surface area (Å²) < 4.78 is 14.4. The van der Waals surface area contributed by atoms with E-state index in [1.54, 1.807) is 6.07 Å². The van der Waals surface area contributed by atoms with Gasteiger partial charge >= 0.3 is 0 Å². The van der Waals surface area contributed by atoms with Crippen LogP contribution in [0.15, 0.2) is 59.1 Å². The van der Waals surface area contributed by atoms with Crippen molar-refractivity contribution in [1.82, 2.24) is 0 Å². The monoisotopic (exact) mass is 362 g/mol. The van der Waals surface area contributed by atoms with Gasteiger partial charge in [-0.2, -0.15) is 0 Å². The maximum atomic E-state index is 13.5. The Kier molecular flexibility index (Phi) is 3.79. The van der Waals surface area contributed by atoms with Crippen LogP contribution < -0.4 is 0 Å². The highest BCUT2D eigenvalue weighted by Crippen LogP contribution is 2.30. The van der Waals surface area contributed by atoms with Crippen molar-refractivity contribution in [3.8, 4) is 0 Å². The molecular formula is C17H9BrClFO. The van der Waals surface area contributed by atoms with Gasteiger partial charge in [0.15, 0.2) is 5.78 Å². The molecular weight excluding hydrogens is 355 g/mol. The molecule has 21 heavy (non-hydrogen) atoms. The second-order valence-corrected chi connectivity index (χ2v) is 5.80. The van der Waals surface area contributed by atoms with Gasteiger partial charge in [0.25, 0.3) is 0 Å². The fourth-order valence-corrected chi connectivity index (χ4v) is 2.97. The van der Waals surface area contributed by atoms with Crippen molar-refractivity contribution in [2.45, 2.75) is 0 Å². The number of carbonyl (C=O) groups is 1. The Morgan fingerprint density at radius 3 is 2.38 bits per heavy atom. The first kappa shape index (κ1) is 14.2. The largest absolute Gasteiger partial charge is 0.289 e. The van der Waals surface area contributed by atoms with E-state index in [9.17, 15) is 9.18 Å². The molecule has 0 saturated heterocycles. The number of benzene rings is 3. The van der Waals surface area contributed by atoms with Gasteiger partial charge in [0.05, 0.1) is 5.02 Å². The molecule has 0 heterocycles. The van der Waals surface area contributed by atoms with E-state index < -0.39 is 5.82 Å². The quantitative estimate of drug-likeness (QED) is 0.540. The molecule has 0 aromatic heterocycles. The van der Waals surface area contributed by atoms with Crippen LogP contribution in [0.5, 0.6) is 0 Å². The molecule has 0 spiro atoms. The Balaban J connectivity index is 2.23. The van der Waals surface area contributed by atoms with Crippen LogP contribution in [0.1, 0.15) is 15.9 Å². The summed E-state index contributed by atoms with van der Waals surface area (Å²) in [5.41, 5.74) is 0.672. The third-order valence-electron chi connectivity index (χ3n) is 3.31. The lowest BCUT2D eigenvalue weighted by atomic mass is 9.97. The molecule has 4 heteroatoms. The Hall–Kier alpha value is -1.71. The predicted octanol–water partition coefficient (Wildman–Crippen LogP) is 5.63. The minimum absolute atomic E-state index is 0.144. The fourth-order valence-electron chi connectivity index (χ4n) is 2.28. The number of hydrogen-bond donors (Lipinski definition) is 0. The van der Waals surface area contributed by atoms with E-state index in [-0.39, 0.29) is 16.4 Å². The molecule has 0 fully saturated rings. The van der Waals surface area contributed by atoms with Crippen molar-refractivity contribution in [1.29, 1.82) is 0 Å². The Labute approximate surface area is 134 Å². The number of halogens is 3. The number of ketones is 1. The molecule has 0 saturated carbocycles. The highest BCUT2D eigenvalue weighted by atomic mass is 79.9. The zero-order valence-electron chi connectivity index (χ0n) is 10.7. The third-order valence-corrected chi connectivity index (χ3v) is 4.39. The van der Waals surface area contributed by atoms with Gasteiger partial charge in [-0.05, 0) is 35.0 Å². The molecule has 0 atom stereocenters. The first-order chi connectivity index (χ1) is 10.1. The normalized spacial score (nSPS) is 10.8. The summed E-state index contributed by atoms with van der Waals surface area (Å²) in [6.07, 6.45) is 0. The standard InChI is InChI=1S/C17H9BrClFO/c18-14-9-8-12(10-4-1-2-5-11(10)14)17(21)13-6-3-7-15(20)16(13)19/h1-9H. The number of hydrogen-bond acceptors (Lipinski definition) is 1. The zero-order chi connectivity index (χ0) is 15.0. The highest BCUT2D eigenvalue weighted by Gasteiger charge is 2.18. The van der Waals surface area contributed by atoms with Crippen molar-refractivity contribution in [3.63, 3.8) is 0 Å². The molecule has 3 aromatic carbocycles. The van der Waals surface area contributed by atoms with Gasteiger partial charge in [0, 0.05) is 15.6 Å². The predicted molar refractivity (Wildman–Crippen MR) is 86.5 cm³/mol. The summed E-state index contributed by atoms with van der Waals surface area (Å²) in [5, 5.41) is 1.59. The van der Waals surface area contributed by atoms with Crippen LogP contribution in [-0.2, 0) is 0 Å². The Bertz CT molecular complexity index is 861. The maximum Gasteiger partial charge on any atom is 0.195 e. The van der Waals surface area contributed by atoms with Gasteiger partial charge in [-0.1, -0.05) is 57.9 Å². The molecule has 0 radical (unpaired) electrons. The number of fused-ring (bicyclic) bond motifs is 1. The van der Waals surface area contributed by atoms with Gasteiger partial charge < -0.3 is 0 Å². The van der Waals surface area contributed by atoms with E-state index in [1.807, 2.05) is 30.3 Å². The molecule has 0 aliphatic rings. The second-order valence-electron chi connectivity index (χ2n) is 4.57. The molecule has 1 nitrogen and oxygen atoms in total. The lowest BCUT2D eigenvalue weighted by molar-refractivity contribution is 0.104. The lowest BCUT2D eigenvalue weighted by Crippen LogP contribution is -2.04. The summed E-state index contributed by atoms with van der Waals surface area (Å²) in [6.45, 7) is 0. The smallest absolute Gasteiger partial charge is 0.195 e. The molecule has 3 aromatic rings. The van der Waals surface area contributed by atoms with E-state index in [0.29, 0.717) is 5.56 Å². The van der Waals surface area contributed by atoms with E-state index in [1.165, 1.54) is 18.2 Å². The van der Waals surface area contributed by atoms with Gasteiger partial charge in [-0.3, -0.25) is 4.79 Å². The van der Waals surface area contributed by atoms with Gasteiger partial charge in [-0.25, -0.2) is 4.39 Å². The van der Waals surface area contributed by atoms with Crippen molar-refractivity contribution in [3.05, 3.63) is 81.0 Å². The second kappa shape index (κ2) is 5.58. The minimum Gasteiger partial charge on any atom is -0.289 e. The minimum atomic E-state index is -0.594. The van der Waals surface area contributed by atoms with Gasteiger partial charge in [0.2, 0.25) is 0 Å². The molecule has 0 aliphatic carbocycles. The summed E-state index contributed by atoms with van der Waals surface area (Å²) in [4.78, 5) is 12.7. The van der Waals surface area contributed by atoms with Crippen molar-refractivity contribution >= 4 is 44.1 Å². The average molecular weight is 364 g/mol. The first-order valence-electron chi connectivity index (χ1n) is 6.25. The molecule has 0 N–H and O–H groups in total. The fraction of sp³-hybridized carbons (Fsp3) is 0. The maximum absolute atomic E-state index is 13.5. The summed E-state index contributed by atoms with van der Waals surface area (Å²) in [5.74, 6) is -0.882. The molecule has 3 rings (SSSR count). The van der Waals surface area contributed by atoms with Crippen molar-refractivity contribution in [2.75, 3.05) is 0 Å². The summed E-state index contributed by atoms with van der Waals surface area (Å²) >= 11 is 9.38. The lowest BCUT2D eigenvalue weighted by Gasteiger charge is -2.09. The number of carbonyl (C=O) groups excluding carboxylic acids is 1. The molecule has 0 unspecified atom stereocenters. The van der Waals surface area contributed by atoms with Crippen LogP contribution in [0.4, 0.5) is 4.39 Å². The Morgan fingerprint density at radius 1 is 0.905 bits per heavy atom. The first-order valence-corrected chi connectivity index (χ1v) is 7.42. The van der Waals surface area contributed by atoms with E-state index in [4.69, 9.17) is 11.6 Å².